The molecular weight excluding hydrogens is 558 g/mol. The van der Waals surface area contributed by atoms with Gasteiger partial charge in [-0.1, -0.05) is 26.0 Å². The summed E-state index contributed by atoms with van der Waals surface area (Å²) in [7, 11) is 0. The van der Waals surface area contributed by atoms with Gasteiger partial charge >= 0.3 is 0 Å². The predicted octanol–water partition coefficient (Wildman–Crippen LogP) is 4.59. The topological polar surface area (TPSA) is 99.6 Å². The lowest BCUT2D eigenvalue weighted by Gasteiger charge is -2.43. The summed E-state index contributed by atoms with van der Waals surface area (Å²) in [6, 6.07) is 5.72. The molecule has 1 spiro atoms. The lowest BCUT2D eigenvalue weighted by molar-refractivity contribution is -0.158. The Balaban J connectivity index is 1.84. The first-order valence-electron chi connectivity index (χ1n) is 15.9. The van der Waals surface area contributed by atoms with Gasteiger partial charge in [0.05, 0.1) is 36.7 Å². The van der Waals surface area contributed by atoms with Crippen LogP contribution < -0.4 is 9.64 Å². The molecule has 0 radical (unpaired) electrons. The lowest BCUT2D eigenvalue weighted by Crippen LogP contribution is -2.61. The third-order valence-corrected chi connectivity index (χ3v) is 9.49. The Labute approximate surface area is 262 Å². The van der Waals surface area contributed by atoms with Gasteiger partial charge in [0.15, 0.2) is 0 Å². The fourth-order valence-corrected chi connectivity index (χ4v) is 7.71. The van der Waals surface area contributed by atoms with E-state index in [4.69, 9.17) is 9.47 Å². The van der Waals surface area contributed by atoms with E-state index >= 15 is 0 Å². The standard InChI is InChI=1S/C35H51N3O6/c1-10-19-36(24-13-15-26(16-14-24)43-12-3)30(40)27-28-31(41)38(25(22-39)21-23(4)5)29(35(28)18-17-34(27,9)44-35)32(42)37(20-11-2)33(6,7)8/h10-11,13-16,23,25,27-29,39H,1-2,12,17-22H2,3-9H3/t25-,27-,28+,29?,34+,35?/m1/s1. The molecule has 1 N–H and O–H groups in total. The minimum Gasteiger partial charge on any atom is -0.494 e. The first kappa shape index (κ1) is 33.7. The van der Waals surface area contributed by atoms with Crippen LogP contribution >= 0.6 is 0 Å². The molecule has 6 atom stereocenters. The molecule has 9 nitrogen and oxygen atoms in total. The van der Waals surface area contributed by atoms with Crippen LogP contribution in [0.2, 0.25) is 0 Å². The van der Waals surface area contributed by atoms with Crippen LogP contribution in [0, 0.1) is 17.8 Å². The van der Waals surface area contributed by atoms with Crippen LogP contribution in [0.4, 0.5) is 5.69 Å². The number of aliphatic hydroxyl groups is 1. The summed E-state index contributed by atoms with van der Waals surface area (Å²) in [5.74, 6) is -1.63. The minimum absolute atomic E-state index is 0.162. The third-order valence-electron chi connectivity index (χ3n) is 9.49. The van der Waals surface area contributed by atoms with E-state index in [-0.39, 0.29) is 36.8 Å². The van der Waals surface area contributed by atoms with Gasteiger partial charge in [-0.15, -0.1) is 13.2 Å². The van der Waals surface area contributed by atoms with E-state index in [0.717, 1.165) is 0 Å². The second kappa shape index (κ2) is 12.7. The van der Waals surface area contributed by atoms with Crippen molar-refractivity contribution in [3.63, 3.8) is 0 Å². The molecule has 3 saturated heterocycles. The number of carbonyl (C=O) groups is 3. The smallest absolute Gasteiger partial charge is 0.249 e. The normalized spacial score (nSPS) is 28.2. The van der Waals surface area contributed by atoms with Gasteiger partial charge in [-0.2, -0.15) is 0 Å². The maximum atomic E-state index is 14.7. The number of amides is 3. The van der Waals surface area contributed by atoms with Crippen LogP contribution in [0.3, 0.4) is 0 Å². The van der Waals surface area contributed by atoms with E-state index in [9.17, 15) is 19.5 Å². The molecule has 2 unspecified atom stereocenters. The van der Waals surface area contributed by atoms with Gasteiger partial charge < -0.3 is 29.3 Å². The summed E-state index contributed by atoms with van der Waals surface area (Å²) in [4.78, 5) is 49.0. The van der Waals surface area contributed by atoms with E-state index in [2.05, 4.69) is 13.2 Å². The first-order valence-corrected chi connectivity index (χ1v) is 15.9. The Morgan fingerprint density at radius 1 is 1.14 bits per heavy atom. The van der Waals surface area contributed by atoms with Gasteiger partial charge in [0.25, 0.3) is 0 Å². The largest absolute Gasteiger partial charge is 0.494 e. The second-order valence-electron chi connectivity index (χ2n) is 14.0. The van der Waals surface area contributed by atoms with Crippen LogP contribution in [0.5, 0.6) is 5.75 Å². The maximum Gasteiger partial charge on any atom is 0.249 e. The van der Waals surface area contributed by atoms with Crippen molar-refractivity contribution < 1.29 is 29.0 Å². The molecule has 1 aromatic rings. The van der Waals surface area contributed by atoms with Crippen LogP contribution in [0.1, 0.15) is 67.7 Å². The van der Waals surface area contributed by atoms with Gasteiger partial charge in [0, 0.05) is 24.3 Å². The number of benzene rings is 1. The number of carbonyl (C=O) groups excluding carboxylic acids is 3. The molecule has 3 aliphatic heterocycles. The lowest BCUT2D eigenvalue weighted by atomic mass is 9.66. The Kier molecular flexibility index (Phi) is 9.71. The fraction of sp³-hybridized carbons (Fsp3) is 0.629. The number of anilines is 1. The molecule has 0 saturated carbocycles. The number of rotatable bonds is 13. The molecule has 0 aliphatic carbocycles. The number of nitrogens with zero attached hydrogens (tertiary/aromatic N) is 3. The average molecular weight is 610 g/mol. The molecule has 3 fully saturated rings. The van der Waals surface area contributed by atoms with Gasteiger partial charge in [-0.3, -0.25) is 14.4 Å². The first-order chi connectivity index (χ1) is 20.7. The van der Waals surface area contributed by atoms with Gasteiger partial charge in [-0.05, 0) is 84.1 Å². The number of fused-ring (bicyclic) bond motifs is 1. The molecule has 4 rings (SSSR count). The van der Waals surface area contributed by atoms with E-state index in [0.29, 0.717) is 43.9 Å². The van der Waals surface area contributed by atoms with Crippen molar-refractivity contribution in [2.75, 3.05) is 31.2 Å². The van der Waals surface area contributed by atoms with Gasteiger partial charge in [0.1, 0.15) is 17.4 Å². The minimum atomic E-state index is -1.20. The third kappa shape index (κ3) is 5.69. The van der Waals surface area contributed by atoms with Crippen molar-refractivity contribution in [3.05, 3.63) is 49.6 Å². The van der Waals surface area contributed by atoms with Crippen molar-refractivity contribution in [1.82, 2.24) is 9.80 Å². The zero-order chi connectivity index (χ0) is 32.6. The molecule has 242 valence electrons. The number of hydrogen-bond acceptors (Lipinski definition) is 6. The van der Waals surface area contributed by atoms with E-state index in [1.54, 1.807) is 26.9 Å². The summed E-state index contributed by atoms with van der Waals surface area (Å²) in [5, 5.41) is 10.6. The van der Waals surface area contributed by atoms with Crippen molar-refractivity contribution in [1.29, 1.82) is 0 Å². The van der Waals surface area contributed by atoms with Gasteiger partial charge in [0.2, 0.25) is 17.7 Å². The fourth-order valence-electron chi connectivity index (χ4n) is 7.71. The Morgan fingerprint density at radius 3 is 2.30 bits per heavy atom. The molecule has 9 heteroatoms. The highest BCUT2D eigenvalue weighted by Gasteiger charge is 2.79. The van der Waals surface area contributed by atoms with Crippen molar-refractivity contribution in [2.45, 2.75) is 96.6 Å². The van der Waals surface area contributed by atoms with Crippen molar-refractivity contribution >= 4 is 23.4 Å². The van der Waals surface area contributed by atoms with E-state index in [1.165, 1.54) is 0 Å². The summed E-state index contributed by atoms with van der Waals surface area (Å²) in [5.41, 5.74) is -2.04. The molecular formula is C35H51N3O6. The zero-order valence-corrected chi connectivity index (χ0v) is 27.5. The molecule has 3 amide bonds. The molecule has 0 aromatic heterocycles. The van der Waals surface area contributed by atoms with Crippen molar-refractivity contribution in [2.24, 2.45) is 17.8 Å². The van der Waals surface area contributed by atoms with Crippen LogP contribution in [-0.2, 0) is 19.1 Å². The number of aliphatic hydroxyl groups excluding tert-OH is 1. The summed E-state index contributed by atoms with van der Waals surface area (Å²) < 4.78 is 12.5. The monoisotopic (exact) mass is 609 g/mol. The Bertz CT molecular complexity index is 1260. The molecule has 3 aliphatic rings. The number of ether oxygens (including phenoxy) is 2. The van der Waals surface area contributed by atoms with Crippen LogP contribution in [-0.4, -0.2) is 87.8 Å². The average Bonchev–Trinajstić information content (AvgIpc) is 3.53. The highest BCUT2D eigenvalue weighted by molar-refractivity contribution is 6.03. The molecule has 2 bridgehead atoms. The molecule has 3 heterocycles. The van der Waals surface area contributed by atoms with E-state index in [1.807, 2.05) is 72.7 Å². The zero-order valence-electron chi connectivity index (χ0n) is 27.5. The number of hydrogen-bond donors (Lipinski definition) is 1. The highest BCUT2D eigenvalue weighted by Crippen LogP contribution is 2.64. The maximum absolute atomic E-state index is 14.7. The Hall–Kier alpha value is -3.17. The van der Waals surface area contributed by atoms with Crippen LogP contribution in [0.25, 0.3) is 0 Å². The van der Waals surface area contributed by atoms with Crippen molar-refractivity contribution in [3.8, 4) is 5.75 Å². The number of likely N-dealkylation sites (tertiary alicyclic amines) is 1. The highest BCUT2D eigenvalue weighted by atomic mass is 16.5. The molecule has 1 aromatic carbocycles. The second-order valence-corrected chi connectivity index (χ2v) is 14.0. The van der Waals surface area contributed by atoms with Gasteiger partial charge in [-0.25, -0.2) is 0 Å². The SMILES string of the molecule is C=CCN(C(=O)[C@H]1[C@H]2C(=O)N([C@@H](CO)CC(C)C)C(C(=O)N(CC=C)C(C)(C)C)C23CC[C@]1(C)O3)c1ccc(OCC)cc1. The summed E-state index contributed by atoms with van der Waals surface area (Å²) in [6.07, 6.45) is 4.85. The Morgan fingerprint density at radius 2 is 1.77 bits per heavy atom. The predicted molar refractivity (Wildman–Crippen MR) is 171 cm³/mol. The summed E-state index contributed by atoms with van der Waals surface area (Å²) >= 11 is 0. The van der Waals surface area contributed by atoms with E-state index < -0.39 is 40.7 Å². The molecule has 44 heavy (non-hydrogen) atoms. The van der Waals surface area contributed by atoms with Crippen LogP contribution in [0.15, 0.2) is 49.6 Å². The summed E-state index contributed by atoms with van der Waals surface area (Å²) in [6.45, 7) is 22.2. The quantitative estimate of drug-likeness (QED) is 0.329.